The summed E-state index contributed by atoms with van der Waals surface area (Å²) in [6.45, 7) is 6.87. The van der Waals surface area contributed by atoms with Gasteiger partial charge in [0.25, 0.3) is 5.56 Å². The Kier molecular flexibility index (Phi) is 7.23. The van der Waals surface area contributed by atoms with E-state index in [4.69, 9.17) is 16.3 Å². The van der Waals surface area contributed by atoms with E-state index in [9.17, 15) is 27.9 Å². The molecular weight excluding hydrogens is 587 g/mol. The monoisotopic (exact) mass is 621 g/mol. The number of piperidine rings is 1. The lowest BCUT2D eigenvalue weighted by Crippen LogP contribution is -2.51. The van der Waals surface area contributed by atoms with Crippen LogP contribution in [-0.4, -0.2) is 73.7 Å². The summed E-state index contributed by atoms with van der Waals surface area (Å²) in [5.74, 6) is -2.16. The van der Waals surface area contributed by atoms with Crippen molar-refractivity contribution in [3.05, 3.63) is 57.7 Å². The van der Waals surface area contributed by atoms with Crippen molar-refractivity contribution in [3.8, 4) is 5.69 Å². The van der Waals surface area contributed by atoms with Gasteiger partial charge in [-0.15, -0.1) is 0 Å². The van der Waals surface area contributed by atoms with E-state index >= 15 is 0 Å². The van der Waals surface area contributed by atoms with E-state index in [1.807, 2.05) is 38.1 Å². The number of ether oxygens (including phenoxy) is 1. The van der Waals surface area contributed by atoms with Crippen LogP contribution in [0.25, 0.3) is 16.7 Å². The highest BCUT2D eigenvalue weighted by Crippen LogP contribution is 2.61. The predicted octanol–water partition coefficient (Wildman–Crippen LogP) is 4.22. The zero-order chi connectivity index (χ0) is 30.9. The van der Waals surface area contributed by atoms with Gasteiger partial charge in [0, 0.05) is 25.3 Å². The van der Waals surface area contributed by atoms with Crippen LogP contribution >= 0.6 is 11.6 Å². The molecule has 0 radical (unpaired) electrons. The average molecular weight is 622 g/mol. The number of rotatable bonds is 5. The minimum absolute atomic E-state index is 0.0636. The van der Waals surface area contributed by atoms with Crippen molar-refractivity contribution < 1.29 is 27.8 Å². The van der Waals surface area contributed by atoms with Gasteiger partial charge in [-0.3, -0.25) is 18.7 Å². The van der Waals surface area contributed by atoms with Crippen LogP contribution in [0.1, 0.15) is 51.6 Å². The topological polar surface area (TPSA) is 102 Å². The Hall–Kier alpha value is -2.93. The van der Waals surface area contributed by atoms with E-state index < -0.39 is 29.0 Å². The Morgan fingerprint density at radius 1 is 1.19 bits per heavy atom. The molecule has 0 unspecified atom stereocenters. The van der Waals surface area contributed by atoms with Gasteiger partial charge < -0.3 is 20.1 Å². The summed E-state index contributed by atoms with van der Waals surface area (Å²) in [5, 5.41) is 15.4. The first-order valence-electron chi connectivity index (χ1n) is 14.4. The van der Waals surface area contributed by atoms with Crippen LogP contribution in [0.2, 0.25) is 5.15 Å². The van der Waals surface area contributed by atoms with Crippen LogP contribution < -0.4 is 10.9 Å². The molecule has 43 heavy (non-hydrogen) atoms. The van der Waals surface area contributed by atoms with Crippen molar-refractivity contribution >= 4 is 28.5 Å². The maximum atomic E-state index is 13.4. The van der Waals surface area contributed by atoms with Crippen molar-refractivity contribution in [1.82, 2.24) is 24.3 Å². The van der Waals surface area contributed by atoms with Gasteiger partial charge in [0.2, 0.25) is 5.91 Å². The molecule has 3 aliphatic rings. The lowest BCUT2D eigenvalue weighted by atomic mass is 9.90. The number of amides is 1. The fourth-order valence-corrected chi connectivity index (χ4v) is 6.63. The van der Waals surface area contributed by atoms with Gasteiger partial charge in [-0.25, -0.2) is 4.98 Å². The molecule has 1 aliphatic carbocycles. The van der Waals surface area contributed by atoms with Crippen LogP contribution in [0.3, 0.4) is 0 Å². The predicted molar refractivity (Wildman–Crippen MR) is 154 cm³/mol. The lowest BCUT2D eigenvalue weighted by Gasteiger charge is -2.39. The third-order valence-corrected chi connectivity index (χ3v) is 9.55. The van der Waals surface area contributed by atoms with Crippen molar-refractivity contribution in [1.29, 1.82) is 0 Å². The van der Waals surface area contributed by atoms with Crippen LogP contribution in [-0.2, 0) is 16.1 Å². The molecule has 232 valence electrons. The van der Waals surface area contributed by atoms with Crippen molar-refractivity contribution in [2.24, 2.45) is 11.3 Å². The first-order chi connectivity index (χ1) is 20.1. The highest BCUT2D eigenvalue weighted by atomic mass is 35.5. The molecule has 1 saturated carbocycles. The molecule has 3 fully saturated rings. The van der Waals surface area contributed by atoms with E-state index in [2.05, 4.69) is 10.3 Å². The molecule has 0 bridgehead atoms. The van der Waals surface area contributed by atoms with E-state index in [-0.39, 0.29) is 61.5 Å². The summed E-state index contributed by atoms with van der Waals surface area (Å²) < 4.78 is 48.4. The zero-order valence-corrected chi connectivity index (χ0v) is 25.0. The van der Waals surface area contributed by atoms with E-state index in [1.165, 1.54) is 22.7 Å². The molecule has 2 N–H and O–H groups in total. The lowest BCUT2D eigenvalue weighted by molar-refractivity contribution is -0.165. The van der Waals surface area contributed by atoms with Gasteiger partial charge >= 0.3 is 6.18 Å². The van der Waals surface area contributed by atoms with Gasteiger partial charge in [-0.05, 0) is 56.9 Å². The summed E-state index contributed by atoms with van der Waals surface area (Å²) in [6.07, 6.45) is -3.00. The number of aliphatic hydroxyl groups is 1. The Labute approximate surface area is 251 Å². The second-order valence-corrected chi connectivity index (χ2v) is 13.4. The van der Waals surface area contributed by atoms with Crippen LogP contribution in [0.4, 0.5) is 13.2 Å². The molecule has 4 heterocycles. The van der Waals surface area contributed by atoms with E-state index in [0.29, 0.717) is 17.4 Å². The third kappa shape index (κ3) is 5.58. The third-order valence-electron chi connectivity index (χ3n) is 9.28. The number of hydrogen-bond donors (Lipinski definition) is 2. The second kappa shape index (κ2) is 10.3. The molecule has 9 nitrogen and oxygen atoms in total. The molecule has 13 heteroatoms. The number of fused-ring (bicyclic) bond motifs is 1. The maximum absolute atomic E-state index is 13.4. The number of aromatic nitrogens is 3. The van der Waals surface area contributed by atoms with Crippen molar-refractivity contribution in [2.75, 3.05) is 26.2 Å². The van der Waals surface area contributed by atoms with Crippen molar-refractivity contribution in [3.63, 3.8) is 0 Å². The van der Waals surface area contributed by atoms with Gasteiger partial charge in [-0.2, -0.15) is 13.2 Å². The number of carbonyl (C=O) groups is 1. The highest BCUT2D eigenvalue weighted by molar-refractivity contribution is 6.31. The Balaban J connectivity index is 1.15. The molecule has 3 aromatic rings. The number of alkyl halides is 3. The summed E-state index contributed by atoms with van der Waals surface area (Å²) in [4.78, 5) is 32.2. The maximum Gasteiger partial charge on any atom is 0.392 e. The number of hydrogen-bond acceptors (Lipinski definition) is 6. The number of nitrogens with one attached hydrogen (secondary N) is 1. The van der Waals surface area contributed by atoms with Gasteiger partial charge in [0.05, 0.1) is 47.1 Å². The average Bonchev–Trinajstić information content (AvgIpc) is 3.56. The molecule has 6 rings (SSSR count). The first-order valence-corrected chi connectivity index (χ1v) is 14.8. The van der Waals surface area contributed by atoms with E-state index in [0.717, 1.165) is 17.8 Å². The van der Waals surface area contributed by atoms with Gasteiger partial charge in [0.15, 0.2) is 5.65 Å². The number of morpholine rings is 1. The number of nitrogens with zero attached hydrogens (tertiary/aromatic N) is 4. The van der Waals surface area contributed by atoms with Gasteiger partial charge in [0.1, 0.15) is 11.5 Å². The molecule has 1 aromatic carbocycles. The number of benzene rings is 1. The standard InChI is InChI=1S/C30H35ClF3N5O4/c1-27(2)15-35-21(14-43-27)18-4-6-19(7-5-18)39-23(31)12-20-24(39)36-17-38(25(20)40)16-29(42)8-10-37(11-9-29)26(41)28(3)13-22(28)30(32,33)34/h4-7,12,17,21-22,35,42H,8-11,13-16H2,1-3H3/t21-,22+,28+/m1/s1. The molecule has 3 atom stereocenters. The van der Waals surface area contributed by atoms with Crippen LogP contribution in [0.15, 0.2) is 41.5 Å². The fraction of sp³-hybridized carbons (Fsp3) is 0.567. The minimum atomic E-state index is -4.40. The fourth-order valence-electron chi connectivity index (χ4n) is 6.34. The van der Waals surface area contributed by atoms with E-state index in [1.54, 1.807) is 10.6 Å². The van der Waals surface area contributed by atoms with Crippen LogP contribution in [0, 0.1) is 11.3 Å². The molecule has 0 spiro atoms. The zero-order valence-electron chi connectivity index (χ0n) is 24.2. The first kappa shape index (κ1) is 30.1. The van der Waals surface area contributed by atoms with Crippen LogP contribution in [0.5, 0.6) is 0 Å². The summed E-state index contributed by atoms with van der Waals surface area (Å²) in [7, 11) is 0. The number of carbonyl (C=O) groups excluding carboxylic acids is 1. The largest absolute Gasteiger partial charge is 0.392 e. The summed E-state index contributed by atoms with van der Waals surface area (Å²) >= 11 is 6.58. The highest BCUT2D eigenvalue weighted by Gasteiger charge is 2.68. The quantitative estimate of drug-likeness (QED) is 0.443. The summed E-state index contributed by atoms with van der Waals surface area (Å²) in [5.41, 5.74) is -1.17. The molecule has 2 saturated heterocycles. The molecule has 2 aliphatic heterocycles. The van der Waals surface area contributed by atoms with Crippen molar-refractivity contribution in [2.45, 2.75) is 70.0 Å². The SMILES string of the molecule is CC1(C)CN[C@@H](c2ccc(-n3c(Cl)cc4c(=O)n(CC5(O)CCN(C(=O)[C@@]6(C)C[C@@H]6C(F)(F)F)CC5)cnc43)cc2)CO1. The molecule has 2 aromatic heterocycles. The Morgan fingerprint density at radius 3 is 2.44 bits per heavy atom. The smallest absolute Gasteiger partial charge is 0.388 e. The Bertz CT molecular complexity index is 1600. The molecule has 1 amide bonds. The second-order valence-electron chi connectivity index (χ2n) is 13.0. The molecular formula is C30H35ClF3N5O4. The number of halogens is 4. The summed E-state index contributed by atoms with van der Waals surface area (Å²) in [6, 6.07) is 9.40. The van der Waals surface area contributed by atoms with Gasteiger partial charge in [-0.1, -0.05) is 30.7 Å². The number of likely N-dealkylation sites (tertiary alicyclic amines) is 1. The normalized spacial score (nSPS) is 26.9. The Morgan fingerprint density at radius 2 is 1.86 bits per heavy atom. The minimum Gasteiger partial charge on any atom is -0.388 e.